The van der Waals surface area contributed by atoms with Crippen molar-refractivity contribution in [1.29, 1.82) is 0 Å². The lowest BCUT2D eigenvalue weighted by atomic mass is 9.99. The Morgan fingerprint density at radius 3 is 2.36 bits per heavy atom. The molecule has 122 valence electrons. The van der Waals surface area contributed by atoms with E-state index < -0.39 is 0 Å². The average molecular weight is 302 g/mol. The van der Waals surface area contributed by atoms with Gasteiger partial charge in [0, 0.05) is 19.5 Å². The highest BCUT2D eigenvalue weighted by Crippen LogP contribution is 2.18. The summed E-state index contributed by atoms with van der Waals surface area (Å²) in [4.78, 5) is 14.2. The number of hydrogen-bond acceptors (Lipinski definition) is 2. The topological polar surface area (TPSA) is 32.3 Å². The summed E-state index contributed by atoms with van der Waals surface area (Å²) in [5.41, 5.74) is 2.54. The summed E-state index contributed by atoms with van der Waals surface area (Å²) >= 11 is 0. The van der Waals surface area contributed by atoms with Crippen LogP contribution in [-0.4, -0.2) is 23.9 Å². The van der Waals surface area contributed by atoms with E-state index in [1.165, 1.54) is 37.1 Å². The van der Waals surface area contributed by atoms with Crippen LogP contribution in [0.2, 0.25) is 0 Å². The number of piperidine rings is 1. The minimum atomic E-state index is 0.140. The summed E-state index contributed by atoms with van der Waals surface area (Å²) in [6.45, 7) is 10.6. The number of benzene rings is 1. The van der Waals surface area contributed by atoms with E-state index in [4.69, 9.17) is 0 Å². The van der Waals surface area contributed by atoms with Gasteiger partial charge in [0.2, 0.25) is 5.91 Å². The second kappa shape index (κ2) is 8.33. The lowest BCUT2D eigenvalue weighted by molar-refractivity contribution is -0.121. The third-order valence-corrected chi connectivity index (χ3v) is 4.39. The van der Waals surface area contributed by atoms with Crippen LogP contribution in [-0.2, 0) is 17.9 Å². The zero-order valence-corrected chi connectivity index (χ0v) is 14.3. The molecule has 1 fully saturated rings. The summed E-state index contributed by atoms with van der Waals surface area (Å²) in [6.07, 6.45) is 3.24. The molecular weight excluding hydrogens is 272 g/mol. The van der Waals surface area contributed by atoms with E-state index in [0.29, 0.717) is 18.9 Å². The van der Waals surface area contributed by atoms with E-state index in [-0.39, 0.29) is 5.91 Å². The molecule has 1 saturated heterocycles. The van der Waals surface area contributed by atoms with Gasteiger partial charge in [0.1, 0.15) is 0 Å². The number of nitrogens with zero attached hydrogens (tertiary/aromatic N) is 1. The van der Waals surface area contributed by atoms with Crippen molar-refractivity contribution in [2.45, 2.75) is 53.1 Å². The number of likely N-dealkylation sites (tertiary alicyclic amines) is 1. The van der Waals surface area contributed by atoms with Gasteiger partial charge < -0.3 is 5.32 Å². The predicted molar refractivity (Wildman–Crippen MR) is 91.4 cm³/mol. The molecule has 0 atom stereocenters. The molecule has 0 saturated carbocycles. The Morgan fingerprint density at radius 2 is 1.77 bits per heavy atom. The standard InChI is InChI=1S/C19H30N2O/c1-15(2)12-19(22)20-13-17-4-6-18(7-5-17)14-21-10-8-16(3)9-11-21/h4-7,15-16H,8-14H2,1-3H3,(H,20,22). The van der Waals surface area contributed by atoms with Gasteiger partial charge in [-0.1, -0.05) is 45.0 Å². The van der Waals surface area contributed by atoms with E-state index in [0.717, 1.165) is 12.5 Å². The van der Waals surface area contributed by atoms with Crippen molar-refractivity contribution < 1.29 is 4.79 Å². The van der Waals surface area contributed by atoms with Gasteiger partial charge in [0.25, 0.3) is 0 Å². The molecule has 0 aromatic heterocycles. The maximum atomic E-state index is 11.7. The zero-order valence-electron chi connectivity index (χ0n) is 14.3. The van der Waals surface area contributed by atoms with Gasteiger partial charge in [0.05, 0.1) is 0 Å². The molecule has 22 heavy (non-hydrogen) atoms. The number of rotatable bonds is 6. The van der Waals surface area contributed by atoms with Crippen molar-refractivity contribution in [2.75, 3.05) is 13.1 Å². The fourth-order valence-corrected chi connectivity index (χ4v) is 2.88. The molecule has 1 aliphatic rings. The predicted octanol–water partition coefficient (Wildman–Crippen LogP) is 3.58. The monoisotopic (exact) mass is 302 g/mol. The molecule has 1 aliphatic heterocycles. The molecule has 0 unspecified atom stereocenters. The quantitative estimate of drug-likeness (QED) is 0.871. The van der Waals surface area contributed by atoms with E-state index in [9.17, 15) is 4.79 Å². The third-order valence-electron chi connectivity index (χ3n) is 4.39. The lowest BCUT2D eigenvalue weighted by Gasteiger charge is -2.30. The second-order valence-electron chi connectivity index (χ2n) is 7.15. The Bertz CT molecular complexity index is 459. The molecular formula is C19H30N2O. The van der Waals surface area contributed by atoms with Crippen LogP contribution in [0.25, 0.3) is 0 Å². The Hall–Kier alpha value is -1.35. The highest BCUT2D eigenvalue weighted by molar-refractivity contribution is 5.76. The SMILES string of the molecule is CC(C)CC(=O)NCc1ccc(CN2CCC(C)CC2)cc1. The number of amides is 1. The molecule has 1 aromatic rings. The molecule has 1 N–H and O–H groups in total. The second-order valence-corrected chi connectivity index (χ2v) is 7.15. The van der Waals surface area contributed by atoms with Crippen molar-refractivity contribution in [3.8, 4) is 0 Å². The lowest BCUT2D eigenvalue weighted by Crippen LogP contribution is -2.32. The van der Waals surface area contributed by atoms with Crippen LogP contribution in [0.15, 0.2) is 24.3 Å². The van der Waals surface area contributed by atoms with Crippen LogP contribution in [0.4, 0.5) is 0 Å². The van der Waals surface area contributed by atoms with Gasteiger partial charge >= 0.3 is 0 Å². The molecule has 2 rings (SSSR count). The third kappa shape index (κ3) is 5.80. The highest BCUT2D eigenvalue weighted by Gasteiger charge is 2.15. The van der Waals surface area contributed by atoms with Crippen molar-refractivity contribution in [1.82, 2.24) is 10.2 Å². The Kier molecular flexibility index (Phi) is 6.44. The fourth-order valence-electron chi connectivity index (χ4n) is 2.88. The molecule has 0 spiro atoms. The van der Waals surface area contributed by atoms with Crippen LogP contribution in [0.5, 0.6) is 0 Å². The number of hydrogen-bond donors (Lipinski definition) is 1. The number of carbonyl (C=O) groups excluding carboxylic acids is 1. The van der Waals surface area contributed by atoms with E-state index in [1.807, 2.05) is 0 Å². The largest absolute Gasteiger partial charge is 0.352 e. The highest BCUT2D eigenvalue weighted by atomic mass is 16.1. The first-order chi connectivity index (χ1) is 10.5. The van der Waals surface area contributed by atoms with Gasteiger partial charge in [-0.25, -0.2) is 0 Å². The summed E-state index contributed by atoms with van der Waals surface area (Å²) in [7, 11) is 0. The molecule has 0 aliphatic carbocycles. The number of carbonyl (C=O) groups is 1. The van der Waals surface area contributed by atoms with Crippen molar-refractivity contribution in [3.63, 3.8) is 0 Å². The Morgan fingerprint density at radius 1 is 1.18 bits per heavy atom. The molecule has 1 heterocycles. The smallest absolute Gasteiger partial charge is 0.220 e. The summed E-state index contributed by atoms with van der Waals surface area (Å²) < 4.78 is 0. The van der Waals surface area contributed by atoms with Crippen LogP contribution in [0.1, 0.15) is 51.2 Å². The zero-order chi connectivity index (χ0) is 15.9. The molecule has 0 radical (unpaired) electrons. The maximum absolute atomic E-state index is 11.7. The van der Waals surface area contributed by atoms with Gasteiger partial charge in [-0.05, 0) is 48.9 Å². The molecule has 1 aromatic carbocycles. The first-order valence-corrected chi connectivity index (χ1v) is 8.60. The Labute approximate surface area is 135 Å². The van der Waals surface area contributed by atoms with Crippen LogP contribution >= 0.6 is 0 Å². The first-order valence-electron chi connectivity index (χ1n) is 8.60. The van der Waals surface area contributed by atoms with Gasteiger partial charge in [-0.2, -0.15) is 0 Å². The van der Waals surface area contributed by atoms with Gasteiger partial charge in [0.15, 0.2) is 0 Å². The average Bonchev–Trinajstić information content (AvgIpc) is 2.48. The van der Waals surface area contributed by atoms with Crippen LogP contribution in [0.3, 0.4) is 0 Å². The summed E-state index contributed by atoms with van der Waals surface area (Å²) in [5, 5.41) is 2.99. The number of nitrogens with one attached hydrogen (secondary N) is 1. The van der Waals surface area contributed by atoms with Gasteiger partial charge in [-0.15, -0.1) is 0 Å². The normalized spacial score (nSPS) is 16.9. The summed E-state index contributed by atoms with van der Waals surface area (Å²) in [6, 6.07) is 8.67. The molecule has 3 nitrogen and oxygen atoms in total. The van der Waals surface area contributed by atoms with E-state index in [2.05, 4.69) is 55.3 Å². The minimum Gasteiger partial charge on any atom is -0.352 e. The van der Waals surface area contributed by atoms with Crippen LogP contribution < -0.4 is 5.32 Å². The van der Waals surface area contributed by atoms with Crippen molar-refractivity contribution >= 4 is 5.91 Å². The summed E-state index contributed by atoms with van der Waals surface area (Å²) in [5.74, 6) is 1.43. The molecule has 0 bridgehead atoms. The minimum absolute atomic E-state index is 0.140. The first kappa shape index (κ1) is 17.0. The van der Waals surface area contributed by atoms with E-state index in [1.54, 1.807) is 0 Å². The van der Waals surface area contributed by atoms with E-state index >= 15 is 0 Å². The van der Waals surface area contributed by atoms with Crippen molar-refractivity contribution in [2.24, 2.45) is 11.8 Å². The Balaban J connectivity index is 1.76. The van der Waals surface area contributed by atoms with Gasteiger partial charge in [-0.3, -0.25) is 9.69 Å². The molecule has 1 amide bonds. The molecule has 3 heteroatoms. The maximum Gasteiger partial charge on any atom is 0.220 e. The van der Waals surface area contributed by atoms with Crippen LogP contribution in [0, 0.1) is 11.8 Å². The van der Waals surface area contributed by atoms with Crippen molar-refractivity contribution in [3.05, 3.63) is 35.4 Å². The fraction of sp³-hybridized carbons (Fsp3) is 0.632.